The lowest BCUT2D eigenvalue weighted by Crippen LogP contribution is -2.38. The first-order chi connectivity index (χ1) is 18.9. The van der Waals surface area contributed by atoms with E-state index in [0.29, 0.717) is 37.6 Å². The molecule has 5 rings (SSSR count). The second-order valence-corrected chi connectivity index (χ2v) is 12.1. The summed E-state index contributed by atoms with van der Waals surface area (Å²) in [5, 5.41) is -0.0649. The molecule has 3 aromatic rings. The normalized spacial score (nSPS) is 19.4. The largest absolute Gasteiger partial charge is 0.376 e. The highest BCUT2D eigenvalue weighted by Crippen LogP contribution is 2.24. The number of halogens is 1. The fraction of sp³-hybridized carbons (Fsp3) is 0.448. The van der Waals surface area contributed by atoms with Crippen LogP contribution in [0.4, 0.5) is 4.39 Å². The van der Waals surface area contributed by atoms with Crippen molar-refractivity contribution in [3.05, 3.63) is 83.4 Å². The lowest BCUT2D eigenvalue weighted by atomic mass is 10.1. The summed E-state index contributed by atoms with van der Waals surface area (Å²) >= 11 is 0. The zero-order valence-corrected chi connectivity index (χ0v) is 22.7. The zero-order valence-electron chi connectivity index (χ0n) is 21.9. The number of hydrogen-bond donors (Lipinski definition) is 0. The van der Waals surface area contributed by atoms with Crippen molar-refractivity contribution in [3.8, 4) is 0 Å². The van der Waals surface area contributed by atoms with E-state index >= 15 is 0 Å². The second kappa shape index (κ2) is 12.4. The molecular weight excluding hydrogens is 521 g/mol. The third-order valence-electron chi connectivity index (χ3n) is 7.21. The van der Waals surface area contributed by atoms with Crippen LogP contribution in [0.3, 0.4) is 0 Å². The Labute approximate surface area is 228 Å². The van der Waals surface area contributed by atoms with Gasteiger partial charge in [-0.1, -0.05) is 42.5 Å². The van der Waals surface area contributed by atoms with Gasteiger partial charge in [0.1, 0.15) is 5.82 Å². The maximum atomic E-state index is 13.5. The maximum absolute atomic E-state index is 13.5. The SMILES string of the molecule is O=C(Cc1ccccc1)N(Cc1cnc(S(=O)(=O)Cc2ccc(F)cc2)n1C[C@H]1CCCO1)C[C@@H]1CCCO1. The van der Waals surface area contributed by atoms with Gasteiger partial charge >= 0.3 is 0 Å². The summed E-state index contributed by atoms with van der Waals surface area (Å²) in [7, 11) is -3.86. The van der Waals surface area contributed by atoms with Crippen LogP contribution in [0.1, 0.15) is 42.5 Å². The van der Waals surface area contributed by atoms with Gasteiger partial charge in [-0.05, 0) is 48.9 Å². The number of sulfone groups is 1. The molecule has 2 aromatic carbocycles. The summed E-state index contributed by atoms with van der Waals surface area (Å²) in [5.41, 5.74) is 2.01. The summed E-state index contributed by atoms with van der Waals surface area (Å²) in [5.74, 6) is -0.788. The van der Waals surface area contributed by atoms with Crippen LogP contribution in [0.2, 0.25) is 0 Å². The molecule has 0 unspecified atom stereocenters. The van der Waals surface area contributed by atoms with Gasteiger partial charge in [-0.15, -0.1) is 0 Å². The van der Waals surface area contributed by atoms with Gasteiger partial charge in [-0.2, -0.15) is 0 Å². The van der Waals surface area contributed by atoms with E-state index in [1.54, 1.807) is 15.7 Å². The van der Waals surface area contributed by atoms with E-state index in [1.807, 2.05) is 30.3 Å². The number of rotatable bonds is 11. The van der Waals surface area contributed by atoms with Crippen molar-refractivity contribution < 1.29 is 27.1 Å². The van der Waals surface area contributed by atoms with Crippen molar-refractivity contribution >= 4 is 15.7 Å². The van der Waals surface area contributed by atoms with Gasteiger partial charge in [-0.25, -0.2) is 17.8 Å². The van der Waals surface area contributed by atoms with Crippen LogP contribution in [-0.2, 0) is 49.4 Å². The first-order valence-electron chi connectivity index (χ1n) is 13.4. The molecule has 2 saturated heterocycles. The van der Waals surface area contributed by atoms with Crippen molar-refractivity contribution in [2.45, 2.75) is 68.3 Å². The van der Waals surface area contributed by atoms with Crippen LogP contribution in [0.15, 0.2) is 66.0 Å². The Kier molecular flexibility index (Phi) is 8.74. The van der Waals surface area contributed by atoms with E-state index in [9.17, 15) is 17.6 Å². The number of amides is 1. The summed E-state index contributed by atoms with van der Waals surface area (Å²) in [6.45, 7) is 2.26. The smallest absolute Gasteiger partial charge is 0.228 e. The molecule has 10 heteroatoms. The molecule has 0 N–H and O–H groups in total. The molecule has 0 radical (unpaired) electrons. The van der Waals surface area contributed by atoms with Crippen molar-refractivity contribution in [2.75, 3.05) is 19.8 Å². The van der Waals surface area contributed by atoms with Gasteiger partial charge in [0, 0.05) is 19.8 Å². The van der Waals surface area contributed by atoms with Crippen LogP contribution >= 0.6 is 0 Å². The number of nitrogens with zero attached hydrogens (tertiary/aromatic N) is 3. The Balaban J connectivity index is 1.43. The predicted octanol–water partition coefficient (Wildman–Crippen LogP) is 3.93. The van der Waals surface area contributed by atoms with Crippen LogP contribution < -0.4 is 0 Å². The minimum absolute atomic E-state index is 0.0547. The van der Waals surface area contributed by atoms with E-state index in [0.717, 1.165) is 31.2 Å². The summed E-state index contributed by atoms with van der Waals surface area (Å²) < 4.78 is 53.8. The van der Waals surface area contributed by atoms with Gasteiger partial charge in [0.2, 0.25) is 20.9 Å². The molecule has 0 aliphatic carbocycles. The molecule has 39 heavy (non-hydrogen) atoms. The number of hydrogen-bond acceptors (Lipinski definition) is 6. The van der Waals surface area contributed by atoms with Crippen LogP contribution in [-0.4, -0.2) is 60.7 Å². The molecule has 2 aliphatic rings. The number of carbonyl (C=O) groups excluding carboxylic acids is 1. The Morgan fingerprint density at radius 1 is 0.974 bits per heavy atom. The minimum atomic E-state index is -3.86. The first-order valence-corrected chi connectivity index (χ1v) is 15.1. The fourth-order valence-corrected chi connectivity index (χ4v) is 6.69. The summed E-state index contributed by atoms with van der Waals surface area (Å²) in [4.78, 5) is 19.6. The van der Waals surface area contributed by atoms with E-state index in [-0.39, 0.29) is 42.0 Å². The van der Waals surface area contributed by atoms with Gasteiger partial charge in [0.25, 0.3) is 0 Å². The van der Waals surface area contributed by atoms with Crippen LogP contribution in [0.5, 0.6) is 0 Å². The van der Waals surface area contributed by atoms with E-state index in [1.165, 1.54) is 24.3 Å². The van der Waals surface area contributed by atoms with Crippen molar-refractivity contribution in [1.29, 1.82) is 0 Å². The Bertz CT molecular complexity index is 1350. The molecule has 0 spiro atoms. The third-order valence-corrected chi connectivity index (χ3v) is 8.81. The van der Waals surface area contributed by atoms with Crippen molar-refractivity contribution in [1.82, 2.24) is 14.5 Å². The number of imidazole rings is 1. The van der Waals surface area contributed by atoms with Gasteiger partial charge < -0.3 is 18.9 Å². The molecule has 0 bridgehead atoms. The van der Waals surface area contributed by atoms with Gasteiger partial charge in [-0.3, -0.25) is 4.79 Å². The Morgan fingerprint density at radius 2 is 1.67 bits per heavy atom. The lowest BCUT2D eigenvalue weighted by Gasteiger charge is -2.27. The number of carbonyl (C=O) groups is 1. The highest BCUT2D eigenvalue weighted by Gasteiger charge is 2.29. The topological polar surface area (TPSA) is 90.7 Å². The monoisotopic (exact) mass is 555 g/mol. The molecule has 0 saturated carbocycles. The zero-order chi connectivity index (χ0) is 27.2. The minimum Gasteiger partial charge on any atom is -0.376 e. The molecule has 2 aliphatic heterocycles. The standard InChI is InChI=1S/C29H34FN3O5S/c30-24-12-10-23(11-13-24)21-39(35,36)29-31-17-25(33(29)20-27-9-5-15-38-27)18-32(19-26-8-4-14-37-26)28(34)16-22-6-2-1-3-7-22/h1-3,6-7,10-13,17,26-27H,4-5,8-9,14-16,18-21H2/t26-,27+/m0/s1. The third kappa shape index (κ3) is 7.12. The molecule has 1 aromatic heterocycles. The average molecular weight is 556 g/mol. The molecule has 8 nitrogen and oxygen atoms in total. The lowest BCUT2D eigenvalue weighted by molar-refractivity contribution is -0.132. The quantitative estimate of drug-likeness (QED) is 0.356. The fourth-order valence-electron chi connectivity index (χ4n) is 5.18. The van der Waals surface area contributed by atoms with Gasteiger partial charge in [0.15, 0.2) is 0 Å². The van der Waals surface area contributed by atoms with Gasteiger partial charge in [0.05, 0.1) is 49.4 Å². The molecule has 3 heterocycles. The highest BCUT2D eigenvalue weighted by molar-refractivity contribution is 7.90. The molecule has 2 fully saturated rings. The average Bonchev–Trinajstić information content (AvgIpc) is 3.70. The molecular formula is C29H34FN3O5S. The summed E-state index contributed by atoms with van der Waals surface area (Å²) in [6.07, 6.45) is 5.16. The van der Waals surface area contributed by atoms with E-state index in [2.05, 4.69) is 4.98 Å². The molecule has 2 atom stereocenters. The maximum Gasteiger partial charge on any atom is 0.228 e. The van der Waals surface area contributed by atoms with Crippen molar-refractivity contribution in [3.63, 3.8) is 0 Å². The molecule has 1 amide bonds. The second-order valence-electron chi connectivity index (χ2n) is 10.2. The number of aromatic nitrogens is 2. The van der Waals surface area contributed by atoms with Crippen LogP contribution in [0.25, 0.3) is 0 Å². The Morgan fingerprint density at radius 3 is 2.33 bits per heavy atom. The number of benzene rings is 2. The van der Waals surface area contributed by atoms with Crippen molar-refractivity contribution in [2.24, 2.45) is 0 Å². The first kappa shape index (κ1) is 27.5. The van der Waals surface area contributed by atoms with E-state index < -0.39 is 15.7 Å². The van der Waals surface area contributed by atoms with E-state index in [4.69, 9.17) is 9.47 Å². The summed E-state index contributed by atoms with van der Waals surface area (Å²) in [6, 6.07) is 15.0. The highest BCUT2D eigenvalue weighted by atomic mass is 32.2. The predicted molar refractivity (Wildman–Crippen MR) is 143 cm³/mol. The van der Waals surface area contributed by atoms with Crippen LogP contribution in [0, 0.1) is 5.82 Å². The molecule has 208 valence electrons. The number of ether oxygens (including phenoxy) is 2. The Hall–Kier alpha value is -3.08.